The third kappa shape index (κ3) is 7.18. The number of aliphatic imine (C=N–C) groups is 1. The van der Waals surface area contributed by atoms with Crippen LogP contribution < -0.4 is 25.4 Å². The van der Waals surface area contributed by atoms with E-state index in [0.717, 1.165) is 36.3 Å². The van der Waals surface area contributed by atoms with E-state index >= 15 is 0 Å². The second-order valence-electron chi connectivity index (χ2n) is 7.84. The predicted molar refractivity (Wildman–Crippen MR) is 127 cm³/mol. The average Bonchev–Trinajstić information content (AvgIpc) is 3.34. The van der Waals surface area contributed by atoms with Gasteiger partial charge in [0.2, 0.25) is 5.91 Å². The van der Waals surface area contributed by atoms with E-state index in [0.29, 0.717) is 19.0 Å². The summed E-state index contributed by atoms with van der Waals surface area (Å²) in [5.74, 6) is 1.99. The van der Waals surface area contributed by atoms with Gasteiger partial charge in [-0.1, -0.05) is 42.5 Å². The fourth-order valence-electron chi connectivity index (χ4n) is 3.78. The maximum absolute atomic E-state index is 12.2. The highest BCUT2D eigenvalue weighted by molar-refractivity contribution is 5.86. The molecule has 0 bridgehead atoms. The Morgan fingerprint density at radius 1 is 1.03 bits per heavy atom. The summed E-state index contributed by atoms with van der Waals surface area (Å²) in [5.41, 5.74) is 2.19. The van der Waals surface area contributed by atoms with Crippen molar-refractivity contribution in [2.24, 2.45) is 4.99 Å². The third-order valence-electron chi connectivity index (χ3n) is 5.53. The first-order valence-corrected chi connectivity index (χ1v) is 11.3. The molecule has 32 heavy (non-hydrogen) atoms. The highest BCUT2D eigenvalue weighted by Crippen LogP contribution is 2.34. The lowest BCUT2D eigenvalue weighted by Crippen LogP contribution is -2.43. The molecule has 0 unspecified atom stereocenters. The van der Waals surface area contributed by atoms with Crippen LogP contribution in [-0.2, 0) is 17.8 Å². The standard InChI is InChI=1S/C25H34N4O3/c1-26-25(29-18-23(30)27-16-15-19-9-4-3-5-10-19)28-17-20-11-8-14-22(31-2)24(20)32-21-12-6-7-13-21/h3-5,8-11,14,21H,6-7,12-13,15-18H2,1-2H3,(H,27,30)(H2,26,28,29). The summed E-state index contributed by atoms with van der Waals surface area (Å²) in [7, 11) is 3.34. The summed E-state index contributed by atoms with van der Waals surface area (Å²) in [6, 6.07) is 16.0. The zero-order valence-electron chi connectivity index (χ0n) is 19.0. The highest BCUT2D eigenvalue weighted by atomic mass is 16.5. The smallest absolute Gasteiger partial charge is 0.239 e. The van der Waals surface area contributed by atoms with Crippen LogP contribution >= 0.6 is 0 Å². The molecule has 1 fully saturated rings. The maximum Gasteiger partial charge on any atom is 0.239 e. The summed E-state index contributed by atoms with van der Waals surface area (Å²) in [6.45, 7) is 1.26. The molecule has 0 atom stereocenters. The summed E-state index contributed by atoms with van der Waals surface area (Å²) in [4.78, 5) is 16.4. The van der Waals surface area contributed by atoms with Gasteiger partial charge in [-0.05, 0) is 43.7 Å². The lowest BCUT2D eigenvalue weighted by Gasteiger charge is -2.20. The Labute approximate surface area is 190 Å². The van der Waals surface area contributed by atoms with Gasteiger partial charge in [-0.15, -0.1) is 0 Å². The average molecular weight is 439 g/mol. The van der Waals surface area contributed by atoms with Gasteiger partial charge in [0.1, 0.15) is 0 Å². The minimum atomic E-state index is -0.0736. The number of carbonyl (C=O) groups is 1. The van der Waals surface area contributed by atoms with Gasteiger partial charge in [0.25, 0.3) is 0 Å². The van der Waals surface area contributed by atoms with Gasteiger partial charge in [0, 0.05) is 25.7 Å². The minimum Gasteiger partial charge on any atom is -0.493 e. The molecule has 1 amide bonds. The topological polar surface area (TPSA) is 84.0 Å². The number of hydrogen-bond acceptors (Lipinski definition) is 4. The van der Waals surface area contributed by atoms with Crippen molar-refractivity contribution in [2.75, 3.05) is 27.2 Å². The van der Waals surface area contributed by atoms with Gasteiger partial charge in [-0.25, -0.2) is 0 Å². The van der Waals surface area contributed by atoms with Crippen molar-refractivity contribution in [2.45, 2.75) is 44.8 Å². The summed E-state index contributed by atoms with van der Waals surface area (Å²) in [5, 5.41) is 9.26. The van der Waals surface area contributed by atoms with E-state index in [2.05, 4.69) is 33.1 Å². The molecule has 0 radical (unpaired) electrons. The number of amides is 1. The fraction of sp³-hybridized carbons (Fsp3) is 0.440. The van der Waals surface area contributed by atoms with E-state index in [1.54, 1.807) is 14.2 Å². The van der Waals surface area contributed by atoms with Crippen LogP contribution in [0.2, 0.25) is 0 Å². The molecule has 1 saturated carbocycles. The number of carbonyl (C=O) groups excluding carboxylic acids is 1. The molecule has 0 aromatic heterocycles. The molecule has 0 aliphatic heterocycles. The number of ether oxygens (including phenoxy) is 2. The van der Waals surface area contributed by atoms with E-state index in [-0.39, 0.29) is 18.6 Å². The van der Waals surface area contributed by atoms with Crippen molar-refractivity contribution in [3.8, 4) is 11.5 Å². The lowest BCUT2D eigenvalue weighted by molar-refractivity contribution is -0.119. The Bertz CT molecular complexity index is 880. The van der Waals surface area contributed by atoms with Crippen molar-refractivity contribution >= 4 is 11.9 Å². The zero-order valence-corrected chi connectivity index (χ0v) is 19.0. The number of rotatable bonds is 10. The van der Waals surface area contributed by atoms with Crippen LogP contribution in [0.1, 0.15) is 36.8 Å². The van der Waals surface area contributed by atoms with Gasteiger partial charge in [-0.3, -0.25) is 9.79 Å². The van der Waals surface area contributed by atoms with Gasteiger partial charge in [-0.2, -0.15) is 0 Å². The zero-order chi connectivity index (χ0) is 22.6. The van der Waals surface area contributed by atoms with E-state index in [1.165, 1.54) is 18.4 Å². The Balaban J connectivity index is 1.47. The van der Waals surface area contributed by atoms with Crippen LogP contribution in [0.3, 0.4) is 0 Å². The van der Waals surface area contributed by atoms with Crippen molar-refractivity contribution in [3.63, 3.8) is 0 Å². The van der Waals surface area contributed by atoms with Crippen molar-refractivity contribution in [1.82, 2.24) is 16.0 Å². The number of hydrogen-bond donors (Lipinski definition) is 3. The van der Waals surface area contributed by atoms with E-state index in [1.807, 2.05) is 36.4 Å². The molecule has 7 heteroatoms. The van der Waals surface area contributed by atoms with Crippen LogP contribution in [0.5, 0.6) is 11.5 Å². The van der Waals surface area contributed by atoms with Crippen molar-refractivity contribution < 1.29 is 14.3 Å². The summed E-state index contributed by atoms with van der Waals surface area (Å²) < 4.78 is 11.8. The van der Waals surface area contributed by atoms with Crippen LogP contribution in [0.4, 0.5) is 0 Å². The number of para-hydroxylation sites is 1. The molecule has 0 saturated heterocycles. The predicted octanol–water partition coefficient (Wildman–Crippen LogP) is 3.04. The van der Waals surface area contributed by atoms with Crippen molar-refractivity contribution in [3.05, 3.63) is 59.7 Å². The number of guanidine groups is 1. The highest BCUT2D eigenvalue weighted by Gasteiger charge is 2.20. The number of nitrogens with one attached hydrogen (secondary N) is 3. The molecule has 3 rings (SSSR count). The van der Waals surface area contributed by atoms with Crippen molar-refractivity contribution in [1.29, 1.82) is 0 Å². The van der Waals surface area contributed by atoms with Gasteiger partial charge in [0.05, 0.1) is 19.8 Å². The second-order valence-corrected chi connectivity index (χ2v) is 7.84. The minimum absolute atomic E-state index is 0.0736. The van der Waals surface area contributed by atoms with Gasteiger partial charge >= 0.3 is 0 Å². The largest absolute Gasteiger partial charge is 0.493 e. The monoisotopic (exact) mass is 438 g/mol. The summed E-state index contributed by atoms with van der Waals surface area (Å²) in [6.07, 6.45) is 5.61. The fourth-order valence-corrected chi connectivity index (χ4v) is 3.78. The third-order valence-corrected chi connectivity index (χ3v) is 5.53. The molecule has 0 heterocycles. The SMILES string of the molecule is CN=C(NCC(=O)NCCc1ccccc1)NCc1cccc(OC)c1OC1CCCC1. The van der Waals surface area contributed by atoms with E-state index in [4.69, 9.17) is 9.47 Å². The molecule has 1 aliphatic rings. The molecule has 172 valence electrons. The molecule has 1 aliphatic carbocycles. The molecular weight excluding hydrogens is 404 g/mol. The Hall–Kier alpha value is -3.22. The quantitative estimate of drug-likeness (QED) is 0.392. The van der Waals surface area contributed by atoms with Crippen LogP contribution in [0.15, 0.2) is 53.5 Å². The van der Waals surface area contributed by atoms with Crippen LogP contribution in [-0.4, -0.2) is 45.2 Å². The lowest BCUT2D eigenvalue weighted by atomic mass is 10.1. The normalized spacial score (nSPS) is 14.1. The molecule has 2 aromatic carbocycles. The Morgan fingerprint density at radius 3 is 2.53 bits per heavy atom. The van der Waals surface area contributed by atoms with Crippen LogP contribution in [0.25, 0.3) is 0 Å². The summed E-state index contributed by atoms with van der Waals surface area (Å²) >= 11 is 0. The first-order valence-electron chi connectivity index (χ1n) is 11.3. The first kappa shape index (κ1) is 23.4. The molecular formula is C25H34N4O3. The maximum atomic E-state index is 12.2. The number of methoxy groups -OCH3 is 1. The molecule has 3 N–H and O–H groups in total. The molecule has 2 aromatic rings. The van der Waals surface area contributed by atoms with E-state index in [9.17, 15) is 4.79 Å². The number of benzene rings is 2. The molecule has 7 nitrogen and oxygen atoms in total. The second kappa shape index (κ2) is 12.6. The number of nitrogens with zero attached hydrogens (tertiary/aromatic N) is 1. The van der Waals surface area contributed by atoms with E-state index < -0.39 is 0 Å². The van der Waals surface area contributed by atoms with Gasteiger partial charge < -0.3 is 25.4 Å². The Morgan fingerprint density at radius 2 is 1.81 bits per heavy atom. The van der Waals surface area contributed by atoms with Crippen LogP contribution in [0, 0.1) is 0 Å². The first-order chi connectivity index (χ1) is 15.7. The van der Waals surface area contributed by atoms with Gasteiger partial charge in [0.15, 0.2) is 17.5 Å². The molecule has 0 spiro atoms. The Kier molecular flexibility index (Phi) is 9.22.